The monoisotopic (exact) mass is 535 g/mol. The van der Waals surface area contributed by atoms with Crippen molar-refractivity contribution in [2.75, 3.05) is 44.6 Å². The highest BCUT2D eigenvalue weighted by molar-refractivity contribution is 5.48. The summed E-state index contributed by atoms with van der Waals surface area (Å²) in [7, 11) is 0. The predicted octanol–water partition coefficient (Wildman–Crippen LogP) is 5.40. The standard InChI is InChI=1S/C32H39F2N3O2/c1-22(2)23(3)26-4-5-27(32(39)30(20-26)35-14-19-38)21-36-15-17-37(18-16-36)31(24-6-10-28(33)11-7-24)25-8-12-29(34)13-9-25/h4-13,20,22-23,31,38H,14-19,21H2,1-3H3,(H,35,39). The number of aliphatic hydroxyl groups excluding tert-OH is 1. The maximum absolute atomic E-state index is 13.7. The van der Waals surface area contributed by atoms with Gasteiger partial charge < -0.3 is 10.4 Å². The van der Waals surface area contributed by atoms with E-state index in [0.29, 0.717) is 24.7 Å². The van der Waals surface area contributed by atoms with Crippen LogP contribution in [0.4, 0.5) is 14.5 Å². The van der Waals surface area contributed by atoms with Crippen LogP contribution in [0.15, 0.2) is 71.5 Å². The van der Waals surface area contributed by atoms with Crippen LogP contribution >= 0.6 is 0 Å². The zero-order chi connectivity index (χ0) is 27.9. The van der Waals surface area contributed by atoms with E-state index < -0.39 is 0 Å². The second-order valence-electron chi connectivity index (χ2n) is 10.7. The molecule has 1 aliphatic heterocycles. The van der Waals surface area contributed by atoms with E-state index in [1.165, 1.54) is 24.3 Å². The van der Waals surface area contributed by atoms with Crippen molar-refractivity contribution < 1.29 is 13.9 Å². The summed E-state index contributed by atoms with van der Waals surface area (Å²) in [5.41, 5.74) is 4.22. The summed E-state index contributed by atoms with van der Waals surface area (Å²) in [5, 5.41) is 12.4. The molecule has 1 aliphatic rings. The van der Waals surface area contributed by atoms with E-state index in [1.54, 1.807) is 24.3 Å². The second-order valence-corrected chi connectivity index (χ2v) is 10.7. The number of nitrogens with one attached hydrogen (secondary N) is 1. The van der Waals surface area contributed by atoms with Crippen LogP contribution in [0.1, 0.15) is 55.0 Å². The molecule has 0 aromatic heterocycles. The lowest BCUT2D eigenvalue weighted by molar-refractivity contribution is 0.104. The molecule has 0 spiro atoms. The minimum atomic E-state index is -0.287. The van der Waals surface area contributed by atoms with E-state index in [4.69, 9.17) is 0 Å². The molecule has 39 heavy (non-hydrogen) atoms. The number of hydrogen-bond donors (Lipinski definition) is 2. The first-order valence-corrected chi connectivity index (χ1v) is 13.8. The van der Waals surface area contributed by atoms with Crippen LogP contribution in [0.25, 0.3) is 0 Å². The molecular weight excluding hydrogens is 496 g/mol. The van der Waals surface area contributed by atoms with E-state index >= 15 is 0 Å². The van der Waals surface area contributed by atoms with Crippen LogP contribution in [0.2, 0.25) is 0 Å². The van der Waals surface area contributed by atoms with Crippen molar-refractivity contribution in [3.05, 3.63) is 111 Å². The smallest absolute Gasteiger partial charge is 0.206 e. The fraction of sp³-hybridized carbons (Fsp3) is 0.406. The van der Waals surface area contributed by atoms with Crippen molar-refractivity contribution in [3.63, 3.8) is 0 Å². The molecule has 0 amide bonds. The van der Waals surface area contributed by atoms with E-state index in [0.717, 1.165) is 48.4 Å². The first-order valence-electron chi connectivity index (χ1n) is 13.8. The van der Waals surface area contributed by atoms with Gasteiger partial charge in [0.25, 0.3) is 0 Å². The molecular formula is C32H39F2N3O2. The Kier molecular flexibility index (Phi) is 9.83. The van der Waals surface area contributed by atoms with Crippen LogP contribution in [-0.4, -0.2) is 54.2 Å². The molecule has 0 bridgehead atoms. The van der Waals surface area contributed by atoms with Crippen molar-refractivity contribution in [2.45, 2.75) is 39.3 Å². The lowest BCUT2D eigenvalue weighted by atomic mass is 9.91. The number of piperazine rings is 1. The third-order valence-corrected chi connectivity index (χ3v) is 7.81. The number of benzene rings is 2. The van der Waals surface area contributed by atoms with Gasteiger partial charge in [-0.2, -0.15) is 0 Å². The summed E-state index contributed by atoms with van der Waals surface area (Å²) in [5.74, 6) is 0.145. The highest BCUT2D eigenvalue weighted by Crippen LogP contribution is 2.30. The SMILES string of the molecule is CC(C)C(C)c1ccc(CN2CCN(C(c3ccc(F)cc3)c3ccc(F)cc3)CC2)c(=O)c(NCCO)c1. The average molecular weight is 536 g/mol. The molecule has 3 aromatic carbocycles. The number of hydrogen-bond acceptors (Lipinski definition) is 5. The molecule has 2 N–H and O–H groups in total. The van der Waals surface area contributed by atoms with Crippen LogP contribution in [0, 0.1) is 17.6 Å². The van der Waals surface area contributed by atoms with E-state index in [9.17, 15) is 18.7 Å². The maximum atomic E-state index is 13.7. The zero-order valence-electron chi connectivity index (χ0n) is 23.0. The molecule has 208 valence electrons. The topological polar surface area (TPSA) is 55.8 Å². The predicted molar refractivity (Wildman–Crippen MR) is 153 cm³/mol. The van der Waals surface area contributed by atoms with Gasteiger partial charge in [0, 0.05) is 44.8 Å². The Morgan fingerprint density at radius 1 is 0.821 bits per heavy atom. The highest BCUT2D eigenvalue weighted by atomic mass is 19.1. The highest BCUT2D eigenvalue weighted by Gasteiger charge is 2.27. The molecule has 1 heterocycles. The summed E-state index contributed by atoms with van der Waals surface area (Å²) >= 11 is 0. The Labute approximate surface area is 230 Å². The fourth-order valence-corrected chi connectivity index (χ4v) is 5.17. The molecule has 5 nitrogen and oxygen atoms in total. The van der Waals surface area contributed by atoms with E-state index in [1.807, 2.05) is 12.1 Å². The zero-order valence-corrected chi connectivity index (χ0v) is 23.0. The largest absolute Gasteiger partial charge is 0.395 e. The molecule has 0 saturated carbocycles. The Morgan fingerprint density at radius 2 is 1.36 bits per heavy atom. The van der Waals surface area contributed by atoms with Gasteiger partial charge in [0.05, 0.1) is 18.3 Å². The van der Waals surface area contributed by atoms with Crippen molar-refractivity contribution >= 4 is 5.69 Å². The first-order chi connectivity index (χ1) is 18.8. The van der Waals surface area contributed by atoms with Crippen molar-refractivity contribution in [3.8, 4) is 0 Å². The molecule has 3 aromatic rings. The van der Waals surface area contributed by atoms with Gasteiger partial charge in [-0.1, -0.05) is 57.2 Å². The van der Waals surface area contributed by atoms with Gasteiger partial charge in [0.2, 0.25) is 5.43 Å². The summed E-state index contributed by atoms with van der Waals surface area (Å²) in [6.45, 7) is 10.3. The third kappa shape index (κ3) is 7.29. The van der Waals surface area contributed by atoms with Crippen LogP contribution in [0.5, 0.6) is 0 Å². The lowest BCUT2D eigenvalue weighted by Gasteiger charge is -2.39. The fourth-order valence-electron chi connectivity index (χ4n) is 5.17. The molecule has 1 saturated heterocycles. The molecule has 1 atom stereocenters. The average Bonchev–Trinajstić information content (AvgIpc) is 3.08. The Hall–Kier alpha value is -3.13. The molecule has 4 rings (SSSR count). The normalized spacial score (nSPS) is 15.6. The summed E-state index contributed by atoms with van der Waals surface area (Å²) in [6.07, 6.45) is 0. The minimum absolute atomic E-state index is 0.0383. The van der Waals surface area contributed by atoms with Gasteiger partial charge in [-0.05, 0) is 58.9 Å². The van der Waals surface area contributed by atoms with Crippen LogP contribution in [0.3, 0.4) is 0 Å². The molecule has 0 radical (unpaired) electrons. The van der Waals surface area contributed by atoms with E-state index in [-0.39, 0.29) is 35.6 Å². The lowest BCUT2D eigenvalue weighted by Crippen LogP contribution is -2.47. The molecule has 0 aliphatic carbocycles. The maximum Gasteiger partial charge on any atom is 0.206 e. The number of halogens is 2. The summed E-state index contributed by atoms with van der Waals surface area (Å²) < 4.78 is 27.3. The number of aliphatic hydroxyl groups is 1. The quantitative estimate of drug-likeness (QED) is 0.364. The van der Waals surface area contributed by atoms with Gasteiger partial charge in [-0.3, -0.25) is 14.6 Å². The second kappa shape index (κ2) is 13.3. The number of nitrogens with zero attached hydrogens (tertiary/aromatic N) is 2. The van der Waals surface area contributed by atoms with Gasteiger partial charge >= 0.3 is 0 Å². The number of rotatable bonds is 10. The van der Waals surface area contributed by atoms with Gasteiger partial charge in [-0.15, -0.1) is 0 Å². The van der Waals surface area contributed by atoms with Gasteiger partial charge in [0.15, 0.2) is 0 Å². The minimum Gasteiger partial charge on any atom is -0.395 e. The summed E-state index contributed by atoms with van der Waals surface area (Å²) in [6, 6.07) is 18.8. The van der Waals surface area contributed by atoms with E-state index in [2.05, 4.69) is 42.0 Å². The number of anilines is 1. The summed E-state index contributed by atoms with van der Waals surface area (Å²) in [4.78, 5) is 18.1. The van der Waals surface area contributed by atoms with Crippen molar-refractivity contribution in [1.82, 2.24) is 9.80 Å². The first kappa shape index (κ1) is 28.9. The van der Waals surface area contributed by atoms with Gasteiger partial charge in [-0.25, -0.2) is 8.78 Å². The Bertz CT molecular complexity index is 1230. The Morgan fingerprint density at radius 3 is 1.87 bits per heavy atom. The third-order valence-electron chi connectivity index (χ3n) is 7.81. The van der Waals surface area contributed by atoms with Crippen molar-refractivity contribution in [2.24, 2.45) is 5.92 Å². The van der Waals surface area contributed by atoms with Gasteiger partial charge in [0.1, 0.15) is 11.6 Å². The molecule has 1 fully saturated rings. The molecule has 7 heteroatoms. The molecule has 1 unspecified atom stereocenters. The van der Waals surface area contributed by atoms with Crippen LogP contribution in [-0.2, 0) is 6.54 Å². The van der Waals surface area contributed by atoms with Crippen LogP contribution < -0.4 is 10.7 Å². The Balaban J connectivity index is 1.53. The van der Waals surface area contributed by atoms with Crippen molar-refractivity contribution in [1.29, 1.82) is 0 Å².